The van der Waals surface area contributed by atoms with Crippen molar-refractivity contribution in [3.63, 3.8) is 0 Å². The van der Waals surface area contributed by atoms with Gasteiger partial charge >= 0.3 is 5.97 Å². The van der Waals surface area contributed by atoms with Crippen LogP contribution in [-0.4, -0.2) is 18.2 Å². The Labute approximate surface area is 70.7 Å². The van der Waals surface area contributed by atoms with Crippen LogP contribution in [0.4, 0.5) is 0 Å². The first-order valence-corrected chi connectivity index (χ1v) is 3.58. The van der Waals surface area contributed by atoms with Crippen molar-refractivity contribution in [2.75, 3.05) is 7.11 Å². The Bertz CT molecular complexity index is 271. The molecule has 12 heavy (non-hydrogen) atoms. The summed E-state index contributed by atoms with van der Waals surface area (Å²) in [5, 5.41) is 8.63. The maximum Gasteiger partial charge on any atom is 0.335 e. The zero-order valence-electron chi connectivity index (χ0n) is 6.78. The highest BCUT2D eigenvalue weighted by molar-refractivity contribution is 5.90. The summed E-state index contributed by atoms with van der Waals surface area (Å²) in [4.78, 5) is 10.5. The van der Waals surface area contributed by atoms with Gasteiger partial charge in [0.2, 0.25) is 0 Å². The molecule has 0 aliphatic heterocycles. The summed E-state index contributed by atoms with van der Waals surface area (Å²) >= 11 is 0. The van der Waals surface area contributed by atoms with Crippen molar-refractivity contribution in [1.82, 2.24) is 0 Å². The highest BCUT2D eigenvalue weighted by Crippen LogP contribution is 2.11. The van der Waals surface area contributed by atoms with Crippen molar-refractivity contribution in [3.8, 4) is 0 Å². The SMILES string of the molecule is COC1=CC=C(C(=O)O)C=CC1. The molecule has 64 valence electrons. The average Bonchev–Trinajstić information content (AvgIpc) is 2.28. The summed E-state index contributed by atoms with van der Waals surface area (Å²) in [5.74, 6) is -0.151. The van der Waals surface area contributed by atoms with Crippen molar-refractivity contribution in [2.24, 2.45) is 0 Å². The second-order valence-electron chi connectivity index (χ2n) is 2.37. The summed E-state index contributed by atoms with van der Waals surface area (Å²) < 4.78 is 4.97. The van der Waals surface area contributed by atoms with Gasteiger partial charge in [0.1, 0.15) is 0 Å². The molecule has 0 atom stereocenters. The number of methoxy groups -OCH3 is 1. The molecule has 1 rings (SSSR count). The van der Waals surface area contributed by atoms with E-state index in [-0.39, 0.29) is 5.57 Å². The van der Waals surface area contributed by atoms with E-state index in [9.17, 15) is 4.79 Å². The molecule has 0 radical (unpaired) electrons. The molecule has 0 aromatic rings. The molecule has 0 saturated heterocycles. The quantitative estimate of drug-likeness (QED) is 0.676. The predicted molar refractivity (Wildman–Crippen MR) is 44.6 cm³/mol. The molecule has 0 heterocycles. The number of carbonyl (C=O) groups is 1. The van der Waals surface area contributed by atoms with E-state index >= 15 is 0 Å². The van der Waals surface area contributed by atoms with Crippen molar-refractivity contribution in [3.05, 3.63) is 35.6 Å². The predicted octanol–water partition coefficient (Wildman–Crippen LogP) is 1.49. The molecule has 1 N–H and O–H groups in total. The molecule has 0 fully saturated rings. The summed E-state index contributed by atoms with van der Waals surface area (Å²) in [5.41, 5.74) is 0.280. The minimum Gasteiger partial charge on any atom is -0.501 e. The Kier molecular flexibility index (Phi) is 2.69. The minimum absolute atomic E-state index is 0.280. The van der Waals surface area contributed by atoms with Gasteiger partial charge in [-0.3, -0.25) is 0 Å². The van der Waals surface area contributed by atoms with Gasteiger partial charge in [0.25, 0.3) is 0 Å². The van der Waals surface area contributed by atoms with Crippen LogP contribution in [0.2, 0.25) is 0 Å². The number of hydrogen-bond donors (Lipinski definition) is 1. The zero-order chi connectivity index (χ0) is 8.97. The molecule has 3 nitrogen and oxygen atoms in total. The second-order valence-corrected chi connectivity index (χ2v) is 2.37. The van der Waals surface area contributed by atoms with Crippen LogP contribution in [0.5, 0.6) is 0 Å². The molecule has 1 aliphatic carbocycles. The zero-order valence-corrected chi connectivity index (χ0v) is 6.78. The van der Waals surface area contributed by atoms with E-state index in [1.165, 1.54) is 6.08 Å². The molecular weight excluding hydrogens is 156 g/mol. The molecular formula is C9H10O3. The second kappa shape index (κ2) is 3.76. The summed E-state index contributed by atoms with van der Waals surface area (Å²) in [6, 6.07) is 0. The normalized spacial score (nSPS) is 16.1. The monoisotopic (exact) mass is 166 g/mol. The third-order valence-electron chi connectivity index (χ3n) is 1.57. The topological polar surface area (TPSA) is 46.5 Å². The standard InChI is InChI=1S/C9H10O3/c1-12-8-4-2-3-7(5-6-8)9(10)11/h2-3,5-6H,4H2,1H3,(H,10,11). The van der Waals surface area contributed by atoms with Gasteiger partial charge in [-0.05, 0) is 12.2 Å². The highest BCUT2D eigenvalue weighted by atomic mass is 16.5. The molecule has 0 aromatic heterocycles. The molecule has 1 aliphatic rings. The van der Waals surface area contributed by atoms with Gasteiger partial charge < -0.3 is 9.84 Å². The fraction of sp³-hybridized carbons (Fsp3) is 0.222. The van der Waals surface area contributed by atoms with Gasteiger partial charge in [-0.2, -0.15) is 0 Å². The lowest BCUT2D eigenvalue weighted by atomic mass is 10.2. The van der Waals surface area contributed by atoms with Gasteiger partial charge in [-0.15, -0.1) is 0 Å². The Morgan fingerprint density at radius 1 is 1.58 bits per heavy atom. The van der Waals surface area contributed by atoms with Crippen LogP contribution in [-0.2, 0) is 9.53 Å². The molecule has 3 heteroatoms. The van der Waals surface area contributed by atoms with Crippen LogP contribution < -0.4 is 0 Å². The fourth-order valence-corrected chi connectivity index (χ4v) is 0.902. The van der Waals surface area contributed by atoms with Gasteiger partial charge in [-0.25, -0.2) is 4.79 Å². The van der Waals surface area contributed by atoms with E-state index in [0.29, 0.717) is 6.42 Å². The Balaban J connectivity index is 2.85. The first-order valence-electron chi connectivity index (χ1n) is 3.58. The molecule has 0 saturated carbocycles. The summed E-state index contributed by atoms with van der Waals surface area (Å²) in [6.45, 7) is 0. The Morgan fingerprint density at radius 3 is 2.92 bits per heavy atom. The smallest absolute Gasteiger partial charge is 0.335 e. The number of rotatable bonds is 2. The van der Waals surface area contributed by atoms with Crippen LogP contribution in [0.1, 0.15) is 6.42 Å². The molecule has 0 unspecified atom stereocenters. The molecule has 0 amide bonds. The number of carboxylic acid groups (broad SMARTS) is 1. The van der Waals surface area contributed by atoms with Crippen LogP contribution >= 0.6 is 0 Å². The van der Waals surface area contributed by atoms with E-state index in [1.54, 1.807) is 25.3 Å². The van der Waals surface area contributed by atoms with Gasteiger partial charge in [0.15, 0.2) is 0 Å². The Morgan fingerprint density at radius 2 is 2.33 bits per heavy atom. The lowest BCUT2D eigenvalue weighted by molar-refractivity contribution is -0.132. The molecule has 0 bridgehead atoms. The van der Waals surface area contributed by atoms with E-state index in [4.69, 9.17) is 9.84 Å². The lowest BCUT2D eigenvalue weighted by Gasteiger charge is -1.98. The first kappa shape index (κ1) is 8.59. The maximum absolute atomic E-state index is 10.5. The van der Waals surface area contributed by atoms with E-state index in [0.717, 1.165) is 5.76 Å². The number of hydrogen-bond acceptors (Lipinski definition) is 2. The van der Waals surface area contributed by atoms with Gasteiger partial charge in [-0.1, -0.05) is 12.2 Å². The summed E-state index contributed by atoms with van der Waals surface area (Å²) in [7, 11) is 1.57. The van der Waals surface area contributed by atoms with E-state index < -0.39 is 5.97 Å². The lowest BCUT2D eigenvalue weighted by Crippen LogP contribution is -1.95. The van der Waals surface area contributed by atoms with Crippen molar-refractivity contribution < 1.29 is 14.6 Å². The number of ether oxygens (including phenoxy) is 1. The highest BCUT2D eigenvalue weighted by Gasteiger charge is 2.04. The van der Waals surface area contributed by atoms with Gasteiger partial charge in [0, 0.05) is 6.42 Å². The van der Waals surface area contributed by atoms with Crippen molar-refractivity contribution >= 4 is 5.97 Å². The Hall–Kier alpha value is -1.51. The summed E-state index contributed by atoms with van der Waals surface area (Å²) in [6.07, 6.45) is 7.19. The molecule has 0 aromatic carbocycles. The third kappa shape index (κ3) is 1.99. The van der Waals surface area contributed by atoms with Crippen molar-refractivity contribution in [1.29, 1.82) is 0 Å². The molecule has 0 spiro atoms. The van der Waals surface area contributed by atoms with Crippen LogP contribution in [0.15, 0.2) is 35.6 Å². The average molecular weight is 166 g/mol. The van der Waals surface area contributed by atoms with Crippen LogP contribution in [0.3, 0.4) is 0 Å². The van der Waals surface area contributed by atoms with E-state index in [2.05, 4.69) is 0 Å². The third-order valence-corrected chi connectivity index (χ3v) is 1.57. The van der Waals surface area contributed by atoms with Crippen LogP contribution in [0.25, 0.3) is 0 Å². The van der Waals surface area contributed by atoms with Crippen molar-refractivity contribution in [2.45, 2.75) is 6.42 Å². The maximum atomic E-state index is 10.5. The fourth-order valence-electron chi connectivity index (χ4n) is 0.902. The first-order chi connectivity index (χ1) is 5.74. The number of aliphatic carboxylic acids is 1. The largest absolute Gasteiger partial charge is 0.501 e. The minimum atomic E-state index is -0.917. The van der Waals surface area contributed by atoms with Gasteiger partial charge in [0.05, 0.1) is 18.4 Å². The number of allylic oxidation sites excluding steroid dienone is 3. The number of carboxylic acids is 1. The van der Waals surface area contributed by atoms with E-state index in [1.807, 2.05) is 0 Å². The van der Waals surface area contributed by atoms with Crippen LogP contribution in [0, 0.1) is 0 Å².